The van der Waals surface area contributed by atoms with Crippen molar-refractivity contribution in [3.05, 3.63) is 18.0 Å². The quantitative estimate of drug-likeness (QED) is 0.741. The standard InChI is InChI=1S/C11H19BrN2/c1-4-11(5-2,8-12)9-14-7-6-10(3)13-14/h6-7H,4-5,8-9H2,1-3H3. The summed E-state index contributed by atoms with van der Waals surface area (Å²) in [5.41, 5.74) is 1.46. The highest BCUT2D eigenvalue weighted by atomic mass is 79.9. The third-order valence-corrected chi connectivity index (χ3v) is 4.24. The molecule has 0 aliphatic rings. The molecule has 1 aromatic rings. The molecule has 0 saturated carbocycles. The maximum atomic E-state index is 4.44. The number of nitrogens with zero attached hydrogens (tertiary/aromatic N) is 2. The summed E-state index contributed by atoms with van der Waals surface area (Å²) in [5.74, 6) is 0. The third-order valence-electron chi connectivity index (χ3n) is 3.05. The number of hydrogen-bond donors (Lipinski definition) is 0. The van der Waals surface area contributed by atoms with Crippen LogP contribution in [0, 0.1) is 12.3 Å². The summed E-state index contributed by atoms with van der Waals surface area (Å²) >= 11 is 3.62. The Labute approximate surface area is 94.8 Å². The Morgan fingerprint density at radius 1 is 1.43 bits per heavy atom. The fourth-order valence-corrected chi connectivity index (χ4v) is 2.57. The van der Waals surface area contributed by atoms with Crippen molar-refractivity contribution in [3.63, 3.8) is 0 Å². The summed E-state index contributed by atoms with van der Waals surface area (Å²) in [7, 11) is 0. The van der Waals surface area contributed by atoms with Gasteiger partial charge in [-0.15, -0.1) is 0 Å². The highest BCUT2D eigenvalue weighted by Crippen LogP contribution is 2.30. The molecule has 2 nitrogen and oxygen atoms in total. The Morgan fingerprint density at radius 3 is 2.43 bits per heavy atom. The van der Waals surface area contributed by atoms with Gasteiger partial charge in [-0.1, -0.05) is 29.8 Å². The topological polar surface area (TPSA) is 17.8 Å². The molecule has 14 heavy (non-hydrogen) atoms. The van der Waals surface area contributed by atoms with E-state index in [0.717, 1.165) is 17.6 Å². The molecule has 0 saturated heterocycles. The minimum Gasteiger partial charge on any atom is -0.272 e. The van der Waals surface area contributed by atoms with E-state index in [1.54, 1.807) is 0 Å². The molecule has 0 atom stereocenters. The summed E-state index contributed by atoms with van der Waals surface area (Å²) in [6.07, 6.45) is 4.44. The minimum absolute atomic E-state index is 0.360. The fraction of sp³-hybridized carbons (Fsp3) is 0.727. The lowest BCUT2D eigenvalue weighted by molar-refractivity contribution is 0.247. The number of aryl methyl sites for hydroxylation is 1. The maximum Gasteiger partial charge on any atom is 0.0593 e. The number of hydrogen-bond acceptors (Lipinski definition) is 1. The first-order chi connectivity index (χ1) is 6.65. The highest BCUT2D eigenvalue weighted by molar-refractivity contribution is 9.09. The van der Waals surface area contributed by atoms with Crippen LogP contribution in [0.15, 0.2) is 12.3 Å². The van der Waals surface area contributed by atoms with Crippen LogP contribution >= 0.6 is 15.9 Å². The number of halogens is 1. The summed E-state index contributed by atoms with van der Waals surface area (Å²) < 4.78 is 2.06. The Kier molecular flexibility index (Phi) is 4.17. The molecule has 0 aliphatic carbocycles. The predicted octanol–water partition coefficient (Wildman–Crippen LogP) is 3.39. The van der Waals surface area contributed by atoms with E-state index in [9.17, 15) is 0 Å². The first-order valence-corrected chi connectivity index (χ1v) is 6.34. The van der Waals surface area contributed by atoms with Crippen molar-refractivity contribution >= 4 is 15.9 Å². The van der Waals surface area contributed by atoms with E-state index in [4.69, 9.17) is 0 Å². The van der Waals surface area contributed by atoms with E-state index in [2.05, 4.69) is 51.8 Å². The van der Waals surface area contributed by atoms with Gasteiger partial charge in [0.05, 0.1) is 5.69 Å². The summed E-state index contributed by atoms with van der Waals surface area (Å²) in [6, 6.07) is 2.06. The monoisotopic (exact) mass is 258 g/mol. The van der Waals surface area contributed by atoms with Gasteiger partial charge in [-0.05, 0) is 31.2 Å². The van der Waals surface area contributed by atoms with Crippen molar-refractivity contribution in [2.75, 3.05) is 5.33 Å². The Morgan fingerprint density at radius 2 is 2.07 bits per heavy atom. The molecule has 1 aromatic heterocycles. The van der Waals surface area contributed by atoms with Gasteiger partial charge in [0.2, 0.25) is 0 Å². The fourth-order valence-electron chi connectivity index (χ4n) is 1.60. The molecule has 0 fully saturated rings. The average molecular weight is 259 g/mol. The van der Waals surface area contributed by atoms with Crippen LogP contribution in [0.5, 0.6) is 0 Å². The van der Waals surface area contributed by atoms with Crippen molar-refractivity contribution < 1.29 is 0 Å². The Bertz CT molecular complexity index is 268. The molecule has 1 heterocycles. The zero-order chi connectivity index (χ0) is 10.6. The molecule has 0 radical (unpaired) electrons. The lowest BCUT2D eigenvalue weighted by Gasteiger charge is -2.29. The van der Waals surface area contributed by atoms with E-state index in [-0.39, 0.29) is 0 Å². The molecule has 0 N–H and O–H groups in total. The largest absolute Gasteiger partial charge is 0.272 e. The number of alkyl halides is 1. The summed E-state index contributed by atoms with van der Waals surface area (Å²) in [6.45, 7) is 7.55. The van der Waals surface area contributed by atoms with E-state index >= 15 is 0 Å². The third kappa shape index (κ3) is 2.59. The van der Waals surface area contributed by atoms with Crippen LogP contribution < -0.4 is 0 Å². The molecule has 0 aliphatic heterocycles. The van der Waals surface area contributed by atoms with Gasteiger partial charge < -0.3 is 0 Å². The van der Waals surface area contributed by atoms with Gasteiger partial charge in [0.1, 0.15) is 0 Å². The van der Waals surface area contributed by atoms with Crippen molar-refractivity contribution in [2.24, 2.45) is 5.41 Å². The van der Waals surface area contributed by atoms with E-state index in [1.807, 2.05) is 6.92 Å². The zero-order valence-corrected chi connectivity index (χ0v) is 10.8. The Balaban J connectivity index is 2.73. The van der Waals surface area contributed by atoms with Gasteiger partial charge in [-0.3, -0.25) is 4.68 Å². The van der Waals surface area contributed by atoms with Crippen LogP contribution in [0.25, 0.3) is 0 Å². The van der Waals surface area contributed by atoms with Gasteiger partial charge >= 0.3 is 0 Å². The molecular formula is C11H19BrN2. The molecule has 0 spiro atoms. The van der Waals surface area contributed by atoms with Crippen LogP contribution in [-0.2, 0) is 6.54 Å². The zero-order valence-electron chi connectivity index (χ0n) is 9.26. The predicted molar refractivity (Wildman–Crippen MR) is 63.8 cm³/mol. The van der Waals surface area contributed by atoms with Crippen LogP contribution in [0.4, 0.5) is 0 Å². The van der Waals surface area contributed by atoms with Gasteiger partial charge in [0.15, 0.2) is 0 Å². The summed E-state index contributed by atoms with van der Waals surface area (Å²) in [4.78, 5) is 0. The van der Waals surface area contributed by atoms with Crippen molar-refractivity contribution in [1.29, 1.82) is 0 Å². The minimum atomic E-state index is 0.360. The lowest BCUT2D eigenvalue weighted by Crippen LogP contribution is -2.27. The van der Waals surface area contributed by atoms with Gasteiger partial charge in [0, 0.05) is 18.1 Å². The first kappa shape index (κ1) is 11.8. The maximum absolute atomic E-state index is 4.44. The molecule has 1 rings (SSSR count). The molecular weight excluding hydrogens is 240 g/mol. The highest BCUT2D eigenvalue weighted by Gasteiger charge is 2.25. The van der Waals surface area contributed by atoms with Gasteiger partial charge in [-0.25, -0.2) is 0 Å². The second-order valence-electron chi connectivity index (χ2n) is 4.00. The Hall–Kier alpha value is -0.310. The van der Waals surface area contributed by atoms with Crippen LogP contribution in [-0.4, -0.2) is 15.1 Å². The van der Waals surface area contributed by atoms with Crippen molar-refractivity contribution in [2.45, 2.75) is 40.2 Å². The number of rotatable bonds is 5. The lowest BCUT2D eigenvalue weighted by atomic mass is 9.85. The summed E-state index contributed by atoms with van der Waals surface area (Å²) in [5, 5.41) is 5.48. The average Bonchev–Trinajstić information content (AvgIpc) is 2.61. The molecule has 0 amide bonds. The van der Waals surface area contributed by atoms with Crippen LogP contribution in [0.3, 0.4) is 0 Å². The van der Waals surface area contributed by atoms with E-state index in [1.165, 1.54) is 12.8 Å². The van der Waals surface area contributed by atoms with E-state index in [0.29, 0.717) is 5.41 Å². The number of aromatic nitrogens is 2. The van der Waals surface area contributed by atoms with Crippen LogP contribution in [0.1, 0.15) is 32.4 Å². The normalized spacial score (nSPS) is 12.0. The van der Waals surface area contributed by atoms with Crippen molar-refractivity contribution in [3.8, 4) is 0 Å². The molecule has 3 heteroatoms. The van der Waals surface area contributed by atoms with Gasteiger partial charge in [0.25, 0.3) is 0 Å². The van der Waals surface area contributed by atoms with Crippen LogP contribution in [0.2, 0.25) is 0 Å². The van der Waals surface area contributed by atoms with Gasteiger partial charge in [-0.2, -0.15) is 5.10 Å². The van der Waals surface area contributed by atoms with E-state index < -0.39 is 0 Å². The smallest absolute Gasteiger partial charge is 0.0593 e. The second-order valence-corrected chi connectivity index (χ2v) is 4.56. The molecule has 0 unspecified atom stereocenters. The first-order valence-electron chi connectivity index (χ1n) is 5.22. The molecule has 80 valence electrons. The SMILES string of the molecule is CCC(CC)(CBr)Cn1ccc(C)n1. The second kappa shape index (κ2) is 4.96. The molecule has 0 bridgehead atoms. The molecule has 0 aromatic carbocycles. The van der Waals surface area contributed by atoms with Crippen molar-refractivity contribution in [1.82, 2.24) is 9.78 Å².